The van der Waals surface area contributed by atoms with E-state index in [9.17, 15) is 0 Å². The quantitative estimate of drug-likeness (QED) is 0.506. The van der Waals surface area contributed by atoms with Gasteiger partial charge in [0.05, 0.1) is 0 Å². The predicted molar refractivity (Wildman–Crippen MR) is 41.7 cm³/mol. The maximum atomic E-state index is 2.63. The van der Waals surface area contributed by atoms with Crippen LogP contribution in [-0.4, -0.2) is 29.1 Å². The van der Waals surface area contributed by atoms with Crippen LogP contribution in [0.1, 0.15) is 19.3 Å². The third-order valence-corrected chi connectivity index (χ3v) is 3.39. The summed E-state index contributed by atoms with van der Waals surface area (Å²) in [5, 5.41) is 0. The Morgan fingerprint density at radius 2 is 2.33 bits per heavy atom. The summed E-state index contributed by atoms with van der Waals surface area (Å²) in [6, 6.07) is 0.978. The molecule has 1 nitrogen and oxygen atoms in total. The number of thioether (sulfide) groups is 1. The summed E-state index contributed by atoms with van der Waals surface area (Å²) in [7, 11) is 0. The van der Waals surface area contributed by atoms with Gasteiger partial charge in [0.25, 0.3) is 0 Å². The lowest BCUT2D eigenvalue weighted by molar-refractivity contribution is 0.284. The maximum Gasteiger partial charge on any atom is 0.0447 e. The lowest BCUT2D eigenvalue weighted by Crippen LogP contribution is -2.33. The molecule has 0 aliphatic carbocycles. The zero-order valence-electron chi connectivity index (χ0n) is 5.68. The maximum absolute atomic E-state index is 2.63. The highest BCUT2D eigenvalue weighted by Gasteiger charge is 2.26. The summed E-state index contributed by atoms with van der Waals surface area (Å²) >= 11 is 2.10. The Morgan fingerprint density at radius 1 is 1.33 bits per heavy atom. The molecule has 1 unspecified atom stereocenters. The summed E-state index contributed by atoms with van der Waals surface area (Å²) in [4.78, 5) is 2.63. The van der Waals surface area contributed by atoms with Crippen molar-refractivity contribution >= 4 is 11.8 Å². The summed E-state index contributed by atoms with van der Waals surface area (Å²) in [6.07, 6.45) is 4.37. The van der Waals surface area contributed by atoms with Crippen molar-refractivity contribution in [2.45, 2.75) is 25.3 Å². The first kappa shape index (κ1) is 6.05. The Balaban J connectivity index is 1.97. The van der Waals surface area contributed by atoms with Crippen LogP contribution in [0.15, 0.2) is 0 Å². The number of hydrogen-bond donors (Lipinski definition) is 0. The monoisotopic (exact) mass is 143 g/mol. The molecule has 2 heteroatoms. The minimum atomic E-state index is 0.978. The first-order valence-corrected chi connectivity index (χ1v) is 4.94. The van der Waals surface area contributed by atoms with E-state index < -0.39 is 0 Å². The van der Waals surface area contributed by atoms with E-state index in [0.29, 0.717) is 0 Å². The molecule has 52 valence electrons. The van der Waals surface area contributed by atoms with E-state index in [1.54, 1.807) is 0 Å². The molecule has 2 rings (SSSR count). The van der Waals surface area contributed by atoms with Gasteiger partial charge in [-0.2, -0.15) is 0 Å². The van der Waals surface area contributed by atoms with Crippen molar-refractivity contribution in [3.63, 3.8) is 0 Å². The van der Waals surface area contributed by atoms with Crippen molar-refractivity contribution in [2.24, 2.45) is 0 Å². The third kappa shape index (κ3) is 1.10. The molecule has 0 bridgehead atoms. The molecule has 2 saturated heterocycles. The standard InChI is InChI=1S/C7H13NS/c1-2-7-3-5-9-6-8(7)4-1/h7H,1-6H2. The number of hydrogen-bond acceptors (Lipinski definition) is 2. The van der Waals surface area contributed by atoms with Gasteiger partial charge in [0.2, 0.25) is 0 Å². The van der Waals surface area contributed by atoms with Crippen LogP contribution < -0.4 is 0 Å². The van der Waals surface area contributed by atoms with E-state index in [2.05, 4.69) is 16.7 Å². The average molecular weight is 143 g/mol. The lowest BCUT2D eigenvalue weighted by atomic mass is 10.2. The second-order valence-corrected chi connectivity index (χ2v) is 4.01. The molecule has 0 aromatic rings. The van der Waals surface area contributed by atoms with Gasteiger partial charge in [-0.1, -0.05) is 0 Å². The molecular formula is C7H13NS. The molecule has 2 aliphatic heterocycles. The van der Waals surface area contributed by atoms with Crippen LogP contribution >= 0.6 is 11.8 Å². The second-order valence-electron chi connectivity index (χ2n) is 2.93. The highest BCUT2D eigenvalue weighted by atomic mass is 32.2. The molecular weight excluding hydrogens is 130 g/mol. The SMILES string of the molecule is C1CC2CCSCN2C1. The topological polar surface area (TPSA) is 3.24 Å². The van der Waals surface area contributed by atoms with Crippen LogP contribution in [0.4, 0.5) is 0 Å². The van der Waals surface area contributed by atoms with Crippen LogP contribution in [-0.2, 0) is 0 Å². The van der Waals surface area contributed by atoms with Crippen molar-refractivity contribution in [3.8, 4) is 0 Å². The molecule has 0 saturated carbocycles. The highest BCUT2D eigenvalue weighted by Crippen LogP contribution is 2.27. The Bertz CT molecular complexity index is 93.1. The summed E-state index contributed by atoms with van der Waals surface area (Å²) in [5.74, 6) is 2.71. The molecule has 0 spiro atoms. The van der Waals surface area contributed by atoms with Crippen LogP contribution in [0.5, 0.6) is 0 Å². The molecule has 9 heavy (non-hydrogen) atoms. The van der Waals surface area contributed by atoms with Gasteiger partial charge in [0.15, 0.2) is 0 Å². The summed E-state index contributed by atoms with van der Waals surface area (Å²) < 4.78 is 0. The molecule has 0 amide bonds. The Labute approximate surface area is 60.8 Å². The van der Waals surface area contributed by atoms with Gasteiger partial charge >= 0.3 is 0 Å². The summed E-state index contributed by atoms with van der Waals surface area (Å²) in [6.45, 7) is 1.37. The van der Waals surface area contributed by atoms with Crippen molar-refractivity contribution in [1.29, 1.82) is 0 Å². The zero-order chi connectivity index (χ0) is 6.10. The smallest absolute Gasteiger partial charge is 0.0447 e. The Hall–Kier alpha value is 0.310. The number of rotatable bonds is 0. The van der Waals surface area contributed by atoms with E-state index in [0.717, 1.165) is 6.04 Å². The van der Waals surface area contributed by atoms with Crippen LogP contribution in [0, 0.1) is 0 Å². The van der Waals surface area contributed by atoms with Gasteiger partial charge in [-0.25, -0.2) is 0 Å². The van der Waals surface area contributed by atoms with Crippen molar-refractivity contribution in [1.82, 2.24) is 4.90 Å². The minimum Gasteiger partial charge on any atom is -0.291 e. The van der Waals surface area contributed by atoms with E-state index in [-0.39, 0.29) is 0 Å². The van der Waals surface area contributed by atoms with Gasteiger partial charge in [-0.05, 0) is 31.6 Å². The first-order valence-electron chi connectivity index (χ1n) is 3.78. The molecule has 0 radical (unpaired) electrons. The van der Waals surface area contributed by atoms with E-state index >= 15 is 0 Å². The first-order chi connectivity index (χ1) is 4.47. The van der Waals surface area contributed by atoms with Crippen molar-refractivity contribution in [2.75, 3.05) is 18.2 Å². The largest absolute Gasteiger partial charge is 0.291 e. The van der Waals surface area contributed by atoms with E-state index in [4.69, 9.17) is 0 Å². The molecule has 2 fully saturated rings. The highest BCUT2D eigenvalue weighted by molar-refractivity contribution is 7.99. The second kappa shape index (κ2) is 2.51. The fraction of sp³-hybridized carbons (Fsp3) is 1.00. The van der Waals surface area contributed by atoms with Gasteiger partial charge in [0.1, 0.15) is 0 Å². The van der Waals surface area contributed by atoms with Crippen LogP contribution in [0.2, 0.25) is 0 Å². The zero-order valence-corrected chi connectivity index (χ0v) is 6.49. The number of fused-ring (bicyclic) bond motifs is 1. The fourth-order valence-corrected chi connectivity index (χ4v) is 2.94. The van der Waals surface area contributed by atoms with E-state index in [1.165, 1.54) is 37.4 Å². The third-order valence-electron chi connectivity index (χ3n) is 2.35. The molecule has 2 aliphatic rings. The molecule has 0 N–H and O–H groups in total. The van der Waals surface area contributed by atoms with Gasteiger partial charge in [-0.15, -0.1) is 11.8 Å². The van der Waals surface area contributed by atoms with Crippen LogP contribution in [0.25, 0.3) is 0 Å². The Morgan fingerprint density at radius 3 is 3.22 bits per heavy atom. The average Bonchev–Trinajstić information content (AvgIpc) is 2.33. The van der Waals surface area contributed by atoms with Crippen LogP contribution in [0.3, 0.4) is 0 Å². The molecule has 0 aromatic carbocycles. The van der Waals surface area contributed by atoms with Crippen molar-refractivity contribution < 1.29 is 0 Å². The molecule has 2 heterocycles. The van der Waals surface area contributed by atoms with E-state index in [1.807, 2.05) is 0 Å². The molecule has 0 aromatic heterocycles. The fourth-order valence-electron chi connectivity index (χ4n) is 1.79. The number of nitrogens with zero attached hydrogens (tertiary/aromatic N) is 1. The van der Waals surface area contributed by atoms with Crippen molar-refractivity contribution in [3.05, 3.63) is 0 Å². The normalized spacial score (nSPS) is 36.7. The summed E-state index contributed by atoms with van der Waals surface area (Å²) in [5.41, 5.74) is 0. The predicted octanol–water partition coefficient (Wildman–Crippen LogP) is 1.55. The minimum absolute atomic E-state index is 0.978. The van der Waals surface area contributed by atoms with Gasteiger partial charge in [-0.3, -0.25) is 4.90 Å². The van der Waals surface area contributed by atoms with Gasteiger partial charge in [0, 0.05) is 11.9 Å². The Kier molecular flexibility index (Phi) is 1.68. The lowest BCUT2D eigenvalue weighted by Gasteiger charge is -2.28. The molecule has 1 atom stereocenters. The van der Waals surface area contributed by atoms with Gasteiger partial charge < -0.3 is 0 Å².